The van der Waals surface area contributed by atoms with Gasteiger partial charge in [-0.25, -0.2) is 0 Å². The largest absolute Gasteiger partial charge is 0.512 e. The second-order valence-electron chi connectivity index (χ2n) is 4.02. The zero-order valence-electron chi connectivity index (χ0n) is 11.2. The van der Waals surface area contributed by atoms with Gasteiger partial charge in [-0.05, 0) is 31.2 Å². The van der Waals surface area contributed by atoms with E-state index in [1.165, 1.54) is 6.92 Å². The molecule has 0 fully saturated rings. The third kappa shape index (κ3) is 4.86. The fourth-order valence-electron chi connectivity index (χ4n) is 1.40. The van der Waals surface area contributed by atoms with Crippen LogP contribution in [0.5, 0.6) is 5.75 Å². The van der Waals surface area contributed by atoms with Gasteiger partial charge in [-0.2, -0.15) is 5.26 Å². The van der Waals surface area contributed by atoms with Crippen LogP contribution in [0.25, 0.3) is 0 Å². The van der Waals surface area contributed by atoms with Crippen molar-refractivity contribution in [3.8, 4) is 11.8 Å². The van der Waals surface area contributed by atoms with E-state index in [1.54, 1.807) is 36.4 Å². The van der Waals surface area contributed by atoms with Crippen LogP contribution in [0.3, 0.4) is 0 Å². The number of rotatable bonds is 6. The number of aliphatic hydroxyl groups excluding tert-OH is 1. The Morgan fingerprint density at radius 1 is 1.50 bits per heavy atom. The van der Waals surface area contributed by atoms with Gasteiger partial charge in [0.05, 0.1) is 18.1 Å². The van der Waals surface area contributed by atoms with Crippen LogP contribution in [0.15, 0.2) is 48.3 Å². The van der Waals surface area contributed by atoms with Crippen molar-refractivity contribution in [2.24, 2.45) is 0 Å². The van der Waals surface area contributed by atoms with Crippen LogP contribution in [-0.4, -0.2) is 17.6 Å². The maximum absolute atomic E-state index is 11.7. The molecule has 0 aliphatic heterocycles. The molecule has 0 atom stereocenters. The predicted octanol–water partition coefficient (Wildman–Crippen LogP) is 2.94. The highest BCUT2D eigenvalue weighted by Crippen LogP contribution is 2.16. The molecule has 0 aromatic heterocycles. The molecule has 2 N–H and O–H groups in total. The molecule has 0 heterocycles. The number of carbonyl (C=O) groups excluding carboxylic acids is 1. The van der Waals surface area contributed by atoms with Crippen molar-refractivity contribution in [3.63, 3.8) is 0 Å². The Labute approximate surface area is 117 Å². The molecule has 0 aliphatic rings. The number of aliphatic hydroxyl groups is 1. The molecule has 20 heavy (non-hydrogen) atoms. The minimum atomic E-state index is -0.366. The molecule has 0 radical (unpaired) electrons. The van der Waals surface area contributed by atoms with Crippen LogP contribution in [0.1, 0.15) is 13.3 Å². The number of anilines is 1. The van der Waals surface area contributed by atoms with E-state index in [0.29, 0.717) is 18.0 Å². The second-order valence-corrected chi connectivity index (χ2v) is 4.02. The van der Waals surface area contributed by atoms with E-state index in [2.05, 4.69) is 11.9 Å². The maximum atomic E-state index is 11.7. The molecule has 5 heteroatoms. The number of ether oxygens (including phenoxy) is 1. The summed E-state index contributed by atoms with van der Waals surface area (Å²) in [6.07, 6.45) is 1.48. The number of amides is 1. The lowest BCUT2D eigenvalue weighted by Gasteiger charge is -2.07. The van der Waals surface area contributed by atoms with E-state index in [0.717, 1.165) is 0 Å². The van der Waals surface area contributed by atoms with Gasteiger partial charge in [0.1, 0.15) is 18.1 Å². The highest BCUT2D eigenvalue weighted by molar-refractivity contribution is 5.92. The van der Waals surface area contributed by atoms with Gasteiger partial charge < -0.3 is 15.2 Å². The van der Waals surface area contributed by atoms with E-state index in [-0.39, 0.29) is 23.7 Å². The minimum Gasteiger partial charge on any atom is -0.512 e. The van der Waals surface area contributed by atoms with Crippen LogP contribution in [0, 0.1) is 11.3 Å². The number of benzene rings is 1. The number of nitrogens with zero attached hydrogens (tertiary/aromatic N) is 1. The summed E-state index contributed by atoms with van der Waals surface area (Å²) < 4.78 is 5.31. The summed E-state index contributed by atoms with van der Waals surface area (Å²) in [6, 6.07) is 8.61. The van der Waals surface area contributed by atoms with Crippen LogP contribution >= 0.6 is 0 Å². The highest BCUT2D eigenvalue weighted by Gasteiger charge is 2.09. The van der Waals surface area contributed by atoms with E-state index < -0.39 is 0 Å². The van der Waals surface area contributed by atoms with Crippen molar-refractivity contribution in [3.05, 3.63) is 48.3 Å². The first-order chi connectivity index (χ1) is 9.56. The number of hydrogen-bond donors (Lipinski definition) is 2. The zero-order chi connectivity index (χ0) is 15.0. The standard InChI is InChI=1S/C15H16N2O3/c1-3-8-20-14-6-4-13(5-7-14)17-15(19)9-12(10-16)11(2)18/h3-7,18H,1,8-9H2,2H3,(H,17,19)/b12-11+. The molecule has 1 amide bonds. The van der Waals surface area contributed by atoms with Crippen LogP contribution in [0.4, 0.5) is 5.69 Å². The Hall–Kier alpha value is -2.74. The minimum absolute atomic E-state index is 0.0495. The molecular weight excluding hydrogens is 256 g/mol. The molecule has 0 unspecified atom stereocenters. The van der Waals surface area contributed by atoms with Crippen molar-refractivity contribution in [1.82, 2.24) is 0 Å². The molecule has 5 nitrogen and oxygen atoms in total. The van der Waals surface area contributed by atoms with E-state index in [1.807, 2.05) is 0 Å². The van der Waals surface area contributed by atoms with Gasteiger partial charge >= 0.3 is 0 Å². The van der Waals surface area contributed by atoms with Gasteiger partial charge in [0.25, 0.3) is 0 Å². The Morgan fingerprint density at radius 2 is 2.15 bits per heavy atom. The quantitative estimate of drug-likeness (QED) is 0.474. The summed E-state index contributed by atoms with van der Waals surface area (Å²) in [5.74, 6) is 0.164. The molecule has 0 saturated carbocycles. The summed E-state index contributed by atoms with van der Waals surface area (Å²) >= 11 is 0. The topological polar surface area (TPSA) is 82.3 Å². The van der Waals surface area contributed by atoms with E-state index in [9.17, 15) is 9.90 Å². The second kappa shape index (κ2) is 7.64. The summed E-state index contributed by atoms with van der Waals surface area (Å²) in [4.78, 5) is 11.7. The molecule has 104 valence electrons. The summed E-state index contributed by atoms with van der Waals surface area (Å²) in [7, 11) is 0. The zero-order valence-corrected chi connectivity index (χ0v) is 11.2. The van der Waals surface area contributed by atoms with Crippen LogP contribution in [-0.2, 0) is 4.79 Å². The summed E-state index contributed by atoms with van der Waals surface area (Å²) in [5, 5.41) is 20.6. The van der Waals surface area contributed by atoms with Crippen molar-refractivity contribution >= 4 is 11.6 Å². The normalized spacial score (nSPS) is 11.0. The van der Waals surface area contributed by atoms with Gasteiger partial charge in [0, 0.05) is 5.69 Å². The first-order valence-electron chi connectivity index (χ1n) is 5.99. The molecule has 0 bridgehead atoms. The molecule has 0 spiro atoms. The van der Waals surface area contributed by atoms with Crippen molar-refractivity contribution in [2.75, 3.05) is 11.9 Å². The van der Waals surface area contributed by atoms with E-state index in [4.69, 9.17) is 10.00 Å². The summed E-state index contributed by atoms with van der Waals surface area (Å²) in [6.45, 7) is 5.34. The first kappa shape index (κ1) is 15.3. The number of nitriles is 1. The average molecular weight is 272 g/mol. The smallest absolute Gasteiger partial charge is 0.229 e. The Morgan fingerprint density at radius 3 is 2.65 bits per heavy atom. The first-order valence-corrected chi connectivity index (χ1v) is 5.99. The van der Waals surface area contributed by atoms with Crippen molar-refractivity contribution < 1.29 is 14.6 Å². The van der Waals surface area contributed by atoms with Gasteiger partial charge in [0.15, 0.2) is 0 Å². The molecular formula is C15H16N2O3. The Balaban J connectivity index is 2.61. The lowest BCUT2D eigenvalue weighted by atomic mass is 10.1. The van der Waals surface area contributed by atoms with Gasteiger partial charge in [-0.15, -0.1) is 0 Å². The molecule has 1 aromatic carbocycles. The highest BCUT2D eigenvalue weighted by atomic mass is 16.5. The van der Waals surface area contributed by atoms with Crippen molar-refractivity contribution in [1.29, 1.82) is 5.26 Å². The SMILES string of the molecule is C=CCOc1ccc(NC(=O)C/C(C#N)=C(/C)O)cc1. The molecule has 1 rings (SSSR count). The molecule has 1 aromatic rings. The van der Waals surface area contributed by atoms with Gasteiger partial charge in [-0.3, -0.25) is 4.79 Å². The average Bonchev–Trinajstić information content (AvgIpc) is 2.43. The number of hydrogen-bond acceptors (Lipinski definition) is 4. The maximum Gasteiger partial charge on any atom is 0.229 e. The lowest BCUT2D eigenvalue weighted by Crippen LogP contribution is -2.12. The lowest BCUT2D eigenvalue weighted by molar-refractivity contribution is -0.115. The van der Waals surface area contributed by atoms with Gasteiger partial charge in [-0.1, -0.05) is 12.7 Å². The predicted molar refractivity (Wildman–Crippen MR) is 76.3 cm³/mol. The van der Waals surface area contributed by atoms with Crippen LogP contribution < -0.4 is 10.1 Å². The number of allylic oxidation sites excluding steroid dienone is 1. The van der Waals surface area contributed by atoms with Crippen molar-refractivity contribution in [2.45, 2.75) is 13.3 Å². The van der Waals surface area contributed by atoms with Crippen LogP contribution in [0.2, 0.25) is 0 Å². The van der Waals surface area contributed by atoms with E-state index >= 15 is 0 Å². The monoisotopic (exact) mass is 272 g/mol. The third-order valence-corrected chi connectivity index (χ3v) is 2.41. The Kier molecular flexibility index (Phi) is 5.85. The molecule has 0 aliphatic carbocycles. The Bertz CT molecular complexity index is 549. The fraction of sp³-hybridized carbons (Fsp3) is 0.200. The van der Waals surface area contributed by atoms with Gasteiger partial charge in [0.2, 0.25) is 5.91 Å². The summed E-state index contributed by atoms with van der Waals surface area (Å²) in [5.41, 5.74) is 0.641. The third-order valence-electron chi connectivity index (χ3n) is 2.41. The number of carbonyl (C=O) groups is 1. The number of nitrogens with one attached hydrogen (secondary N) is 1. The fourth-order valence-corrected chi connectivity index (χ4v) is 1.40. The molecule has 0 saturated heterocycles.